The van der Waals surface area contributed by atoms with Gasteiger partial charge in [-0.05, 0) is 398 Å². The number of rotatable bonds is 30. The molecule has 0 aliphatic carbocycles. The van der Waals surface area contributed by atoms with Gasteiger partial charge in [-0.1, -0.05) is 83.2 Å². The van der Waals surface area contributed by atoms with Crippen molar-refractivity contribution in [1.82, 2.24) is 32.6 Å². The molecule has 1 aliphatic heterocycles. The summed E-state index contributed by atoms with van der Waals surface area (Å²) < 4.78 is 60.6. The van der Waals surface area contributed by atoms with Crippen LogP contribution in [0.5, 0.6) is 34.5 Å². The molecule has 0 radical (unpaired) electrons. The molecule has 0 amide bonds. The molecule has 12 aromatic carbocycles. The third-order valence-electron chi connectivity index (χ3n) is 16.2. The van der Waals surface area contributed by atoms with Gasteiger partial charge in [0.1, 0.15) is 34.5 Å². The minimum Gasteiger partial charge on any atom is -0.413 e. The first-order valence-corrected chi connectivity index (χ1v) is 46.2. The monoisotopic (exact) mass is 1960 g/mol. The molecule has 27 nitrogen and oxygen atoms in total. The van der Waals surface area contributed by atoms with Gasteiger partial charge < -0.3 is 59.0 Å². The summed E-state index contributed by atoms with van der Waals surface area (Å²) in [6.07, 6.45) is 9.37. The lowest BCUT2D eigenvalue weighted by molar-refractivity contribution is 0.443. The van der Waals surface area contributed by atoms with E-state index in [9.17, 15) is 0 Å². The minimum atomic E-state index is -4.67. The summed E-state index contributed by atoms with van der Waals surface area (Å²) in [5, 5.41) is 49.7. The SMILES string of the molecule is S=C(N/N=C\c1ccc(OP2(Oc3ccc(/C=N\NC(=S)Nc4ccc(Cl)cc4)cc3)=NP(Oc3ccc(/C=N\NC(=S)Nc4ccc(Cl)cc4)cc3)(Oc3ccc(/C=N/NC(=S)Nc4ccc(Cl)cc4)cc3)=NP(Oc3ccc(/C=N/NC(=S)Nc4ccc(Cl)cc4)cc3)(Oc3ccc(/C=N/NC(=S)Nc4ccc(Cl)cc4)cc3)=N2)cc1)Nc1ccc(Cl)cc1. The molecule has 0 aromatic heterocycles. The molecular formula is C84H66Cl6N21O6P3S6. The normalized spacial score (nSPS) is 13.7. The van der Waals surface area contributed by atoms with Crippen molar-refractivity contribution < 1.29 is 27.1 Å². The summed E-state index contributed by atoms with van der Waals surface area (Å²) in [6.45, 7) is 0. The van der Waals surface area contributed by atoms with Crippen LogP contribution in [0, 0.1) is 0 Å². The van der Waals surface area contributed by atoms with Gasteiger partial charge in [-0.25, -0.2) is 0 Å². The van der Waals surface area contributed by atoms with Gasteiger partial charge in [0.05, 0.1) is 37.3 Å². The zero-order chi connectivity index (χ0) is 88.1. The first-order chi connectivity index (χ1) is 61.0. The molecule has 12 aromatic rings. The molecule has 636 valence electrons. The number of nitrogens with one attached hydrogen (secondary N) is 12. The topological polar surface area (TPSA) is 311 Å². The van der Waals surface area contributed by atoms with Crippen molar-refractivity contribution in [2.45, 2.75) is 0 Å². The Morgan fingerprint density at radius 3 is 0.460 bits per heavy atom. The lowest BCUT2D eigenvalue weighted by atomic mass is 10.2. The van der Waals surface area contributed by atoms with E-state index in [1.807, 2.05) is 0 Å². The van der Waals surface area contributed by atoms with Gasteiger partial charge >= 0.3 is 23.0 Å². The van der Waals surface area contributed by atoms with Crippen molar-refractivity contribution in [2.75, 3.05) is 31.9 Å². The van der Waals surface area contributed by atoms with Gasteiger partial charge in [-0.3, -0.25) is 32.6 Å². The van der Waals surface area contributed by atoms with Crippen molar-refractivity contribution in [3.05, 3.63) is 355 Å². The summed E-state index contributed by atoms with van der Waals surface area (Å²) in [6, 6.07) is 83.2. The maximum Gasteiger partial charge on any atom is 0.460 e. The summed E-state index contributed by atoms with van der Waals surface area (Å²) in [7, 11) is -14.0. The Labute approximate surface area is 786 Å². The molecule has 13 rings (SSSR count). The number of hydrazone groups is 6. The molecule has 0 fully saturated rings. The van der Waals surface area contributed by atoms with Crippen LogP contribution in [0.3, 0.4) is 0 Å². The second-order valence-electron chi connectivity index (χ2n) is 25.7. The van der Waals surface area contributed by atoms with E-state index in [1.165, 1.54) is 0 Å². The van der Waals surface area contributed by atoms with Gasteiger partial charge in [0.2, 0.25) is 0 Å². The summed E-state index contributed by atoms with van der Waals surface area (Å²) >= 11 is 70.3. The highest BCUT2D eigenvalue weighted by atomic mass is 35.5. The summed E-state index contributed by atoms with van der Waals surface area (Å²) in [5.74, 6) is 0.985. The van der Waals surface area contributed by atoms with Crippen LogP contribution in [-0.2, 0) is 0 Å². The van der Waals surface area contributed by atoms with E-state index in [-0.39, 0.29) is 65.2 Å². The average molecular weight is 1960 g/mol. The highest BCUT2D eigenvalue weighted by Crippen LogP contribution is 2.78. The highest BCUT2D eigenvalue weighted by Gasteiger charge is 2.49. The van der Waals surface area contributed by atoms with Gasteiger partial charge in [-0.15, -0.1) is 0 Å². The van der Waals surface area contributed by atoms with Crippen LogP contribution in [0.2, 0.25) is 30.1 Å². The van der Waals surface area contributed by atoms with Crippen LogP contribution >= 0.6 is 166 Å². The largest absolute Gasteiger partial charge is 0.460 e. The van der Waals surface area contributed by atoms with Crippen molar-refractivity contribution in [3.8, 4) is 34.5 Å². The molecule has 1 heterocycles. The van der Waals surface area contributed by atoms with Crippen LogP contribution < -0.4 is 91.6 Å². The third kappa shape index (κ3) is 29.6. The van der Waals surface area contributed by atoms with Gasteiger partial charge in [0, 0.05) is 64.3 Å². The zero-order valence-corrected chi connectivity index (χ0v) is 76.8. The fourth-order valence-electron chi connectivity index (χ4n) is 10.4. The van der Waals surface area contributed by atoms with E-state index in [0.717, 1.165) is 0 Å². The van der Waals surface area contributed by atoms with Crippen LogP contribution in [0.25, 0.3) is 0 Å². The Morgan fingerprint density at radius 2 is 0.333 bits per heavy atom. The van der Waals surface area contributed by atoms with Gasteiger partial charge in [-0.2, -0.15) is 30.6 Å². The second kappa shape index (κ2) is 45.3. The van der Waals surface area contributed by atoms with Crippen molar-refractivity contribution in [3.63, 3.8) is 0 Å². The van der Waals surface area contributed by atoms with Crippen LogP contribution in [0.1, 0.15) is 33.4 Å². The minimum absolute atomic E-state index is 0.164. The molecule has 12 N–H and O–H groups in total. The first-order valence-electron chi connectivity index (χ1n) is 36.9. The average Bonchev–Trinajstić information content (AvgIpc) is 0.728. The fourth-order valence-corrected chi connectivity index (χ4v) is 21.3. The Balaban J connectivity index is 0.940. The molecule has 0 saturated carbocycles. The Kier molecular flexibility index (Phi) is 33.0. The first kappa shape index (κ1) is 91.7. The molecule has 1 atom stereocenters. The summed E-state index contributed by atoms with van der Waals surface area (Å²) in [4.78, 5) is 0. The predicted octanol–water partition coefficient (Wildman–Crippen LogP) is 24.2. The van der Waals surface area contributed by atoms with Gasteiger partial charge in [0.15, 0.2) is 30.7 Å². The number of halogens is 6. The van der Waals surface area contributed by atoms with Crippen molar-refractivity contribution in [2.24, 2.45) is 44.2 Å². The number of thiocarbonyl (C=S) groups is 6. The number of benzene rings is 12. The Morgan fingerprint density at radius 1 is 0.206 bits per heavy atom. The van der Waals surface area contributed by atoms with Gasteiger partial charge in [0.25, 0.3) is 0 Å². The molecule has 42 heteroatoms. The number of hydrogen-bond acceptors (Lipinski definition) is 21. The highest BCUT2D eigenvalue weighted by molar-refractivity contribution is 7.81. The predicted molar refractivity (Wildman–Crippen MR) is 541 cm³/mol. The number of hydrogen-bond donors (Lipinski definition) is 12. The molecule has 0 bridgehead atoms. The zero-order valence-electron chi connectivity index (χ0n) is 64.7. The van der Waals surface area contributed by atoms with E-state index in [2.05, 4.69) is 95.1 Å². The Hall–Kier alpha value is -12.0. The van der Waals surface area contributed by atoms with E-state index >= 15 is 0 Å². The van der Waals surface area contributed by atoms with E-state index in [1.54, 1.807) is 328 Å². The smallest absolute Gasteiger partial charge is 0.413 e. The van der Waals surface area contributed by atoms with Crippen LogP contribution in [-0.4, -0.2) is 68.0 Å². The third-order valence-corrected chi connectivity index (χ3v) is 27.0. The Bertz CT molecular complexity index is 5280. The van der Waals surface area contributed by atoms with E-state index in [0.29, 0.717) is 97.6 Å². The second-order valence-corrected chi connectivity index (χ2v) is 36.9. The number of nitrogens with zero attached hydrogens (tertiary/aromatic N) is 9. The quantitative estimate of drug-likeness (QED) is 0.00861. The molecule has 1 unspecified atom stereocenters. The summed E-state index contributed by atoms with van der Waals surface area (Å²) in [5.41, 5.74) is 24.9. The molecule has 0 saturated heterocycles. The lowest BCUT2D eigenvalue weighted by Crippen LogP contribution is -2.23. The molecular weight excluding hydrogens is 1900 g/mol. The van der Waals surface area contributed by atoms with Crippen LogP contribution in [0.4, 0.5) is 34.1 Å². The van der Waals surface area contributed by atoms with Crippen molar-refractivity contribution in [1.29, 1.82) is 0 Å². The molecule has 0 spiro atoms. The van der Waals surface area contributed by atoms with E-state index in [4.69, 9.17) is 184 Å². The fraction of sp³-hybridized carbons (Fsp3) is 0. The van der Waals surface area contributed by atoms with Crippen LogP contribution in [0.15, 0.2) is 335 Å². The standard InChI is InChI=1S/C84H66Cl6N21O6P3S6/c85-61-13-25-67(26-14-61)97-79(121)103-91-49-55-1-37-73(38-2-55)112-118(113-74-39-3-56(4-40-74)50-92-104-80(122)98-68-27-15-62(86)16-28-68)109-119(114-75-41-5-57(6-42-75)51-93-105-81(123)99-69-29-17-63(87)18-30-69,115-76-43-7-58(8-44-76)52-94-106-82(124)100-70-31-19-64(88)20-32-70)111-120(110-118,116-77-45-9-59(10-46-77)53-95-107-83(125)101-71-33-21-65(89)22-34-71)117-78-47-11-60(12-48-78)54-96-108-84(126)102-72-35-23-66(90)24-36-72/h1-54H,(H2,97,103,121)(H2,98,104,122)(H2,99,105,123)(H2,100,106,124)(H2,101,107,125)(H2,102,108,126)/b91-49-,92-50-,93-51-,94-52+,95-53+,96-54+. The molecule has 1 aliphatic rings. The maximum absolute atomic E-state index is 7.34. The maximum atomic E-state index is 7.34. The number of anilines is 6. The lowest BCUT2D eigenvalue weighted by Gasteiger charge is -2.33. The van der Waals surface area contributed by atoms with E-state index < -0.39 is 23.0 Å². The molecule has 126 heavy (non-hydrogen) atoms. The van der Waals surface area contributed by atoms with Crippen molar-refractivity contribution >= 4 is 268 Å².